The minimum absolute atomic E-state index is 1.30. The summed E-state index contributed by atoms with van der Waals surface area (Å²) in [6, 6.07) is 55.2. The predicted octanol–water partition coefficient (Wildman–Crippen LogP) is 13.2. The molecular formula is C46H24. The SMILES string of the molecule is c1cc2ccc3ccc(-c4ccc5c6ccccc6c6cc7c(cc8c9ccccc9c9cccc7c98)c4c56)c4ccc(c1)c2c34. The molecule has 12 rings (SSSR count). The maximum absolute atomic E-state index is 2.51. The fraction of sp³-hybridized carbons (Fsp3) is 0. The van der Waals surface area contributed by atoms with Gasteiger partial charge < -0.3 is 0 Å². The van der Waals surface area contributed by atoms with E-state index in [2.05, 4.69) is 146 Å². The number of fused-ring (bicyclic) bond motifs is 9. The molecular weight excluding hydrogens is 553 g/mol. The molecule has 0 aromatic heterocycles. The molecule has 0 heteroatoms. The lowest BCUT2D eigenvalue weighted by molar-refractivity contribution is 1.74. The smallest absolute Gasteiger partial charge is 0.00137 e. The fourth-order valence-electron chi connectivity index (χ4n) is 9.22. The van der Waals surface area contributed by atoms with Crippen LogP contribution in [0.1, 0.15) is 0 Å². The van der Waals surface area contributed by atoms with Crippen LogP contribution in [0.15, 0.2) is 146 Å². The van der Waals surface area contributed by atoms with E-state index in [0.717, 1.165) is 0 Å². The van der Waals surface area contributed by atoms with E-state index in [1.165, 1.54) is 119 Å². The summed E-state index contributed by atoms with van der Waals surface area (Å²) in [5.41, 5.74) is 2.61. The summed E-state index contributed by atoms with van der Waals surface area (Å²) < 4.78 is 0. The topological polar surface area (TPSA) is 0 Å². The van der Waals surface area contributed by atoms with Crippen molar-refractivity contribution >= 4 is 108 Å². The van der Waals surface area contributed by atoms with Crippen molar-refractivity contribution in [1.29, 1.82) is 0 Å². The summed E-state index contributed by atoms with van der Waals surface area (Å²) in [7, 11) is 0. The van der Waals surface area contributed by atoms with Crippen LogP contribution in [-0.4, -0.2) is 0 Å². The minimum atomic E-state index is 1.30. The summed E-state index contributed by atoms with van der Waals surface area (Å²) in [5, 5.41) is 26.9. The molecule has 0 amide bonds. The van der Waals surface area contributed by atoms with Crippen molar-refractivity contribution in [3.8, 4) is 11.1 Å². The third-order valence-electron chi connectivity index (χ3n) is 11.1. The van der Waals surface area contributed by atoms with Gasteiger partial charge in [0, 0.05) is 0 Å². The molecule has 0 bridgehead atoms. The number of hydrogen-bond donors (Lipinski definition) is 0. The van der Waals surface area contributed by atoms with Crippen molar-refractivity contribution < 1.29 is 0 Å². The van der Waals surface area contributed by atoms with Gasteiger partial charge in [0.15, 0.2) is 0 Å². The molecule has 0 fully saturated rings. The van der Waals surface area contributed by atoms with Gasteiger partial charge >= 0.3 is 0 Å². The zero-order valence-electron chi connectivity index (χ0n) is 24.9. The molecule has 0 nitrogen and oxygen atoms in total. The van der Waals surface area contributed by atoms with Crippen molar-refractivity contribution in [3.63, 3.8) is 0 Å². The quantitative estimate of drug-likeness (QED) is 0.171. The Bertz CT molecular complexity index is 3220. The molecule has 0 spiro atoms. The molecule has 0 aliphatic heterocycles. The Morgan fingerprint density at radius 1 is 0.196 bits per heavy atom. The number of rotatable bonds is 1. The lowest BCUT2D eigenvalue weighted by Crippen LogP contribution is -1.90. The van der Waals surface area contributed by atoms with Crippen LogP contribution in [-0.2, 0) is 0 Å². The molecule has 208 valence electrons. The first kappa shape index (κ1) is 23.4. The maximum Gasteiger partial charge on any atom is -0.00137 e. The summed E-state index contributed by atoms with van der Waals surface area (Å²) in [4.78, 5) is 0. The molecule has 0 radical (unpaired) electrons. The van der Waals surface area contributed by atoms with Gasteiger partial charge in [-0.1, -0.05) is 133 Å². The van der Waals surface area contributed by atoms with Gasteiger partial charge in [-0.25, -0.2) is 0 Å². The molecule has 0 aliphatic carbocycles. The molecule has 12 aromatic carbocycles. The van der Waals surface area contributed by atoms with Gasteiger partial charge in [0.1, 0.15) is 0 Å². The van der Waals surface area contributed by atoms with Gasteiger partial charge in [-0.2, -0.15) is 0 Å². The highest BCUT2D eigenvalue weighted by Crippen LogP contribution is 2.50. The van der Waals surface area contributed by atoms with Crippen molar-refractivity contribution in [3.05, 3.63) is 146 Å². The third-order valence-corrected chi connectivity index (χ3v) is 11.1. The van der Waals surface area contributed by atoms with E-state index >= 15 is 0 Å². The lowest BCUT2D eigenvalue weighted by Gasteiger charge is -2.17. The van der Waals surface area contributed by atoms with Crippen LogP contribution in [0.4, 0.5) is 0 Å². The minimum Gasteiger partial charge on any atom is -0.0616 e. The van der Waals surface area contributed by atoms with Crippen molar-refractivity contribution in [2.24, 2.45) is 0 Å². The average molecular weight is 577 g/mol. The summed E-state index contributed by atoms with van der Waals surface area (Å²) >= 11 is 0. The standard InChI is InChI=1S/C46H24/c1-3-11-30-28(9-1)33-13-6-14-34-38-23-40-31-12-4-2-10-29(31)36-21-22-37(46(45(36)40)41(38)24-39(30)44(33)34)32-19-17-27-16-15-25-7-5-8-26-18-20-35(32)43(27)42(25)26/h1-24H. The molecule has 0 saturated carbocycles. The van der Waals surface area contributed by atoms with Gasteiger partial charge in [0.25, 0.3) is 0 Å². The van der Waals surface area contributed by atoms with E-state index in [1.807, 2.05) is 0 Å². The molecule has 0 N–H and O–H groups in total. The Labute approximate surface area is 263 Å². The maximum atomic E-state index is 2.51. The molecule has 12 aromatic rings. The fourth-order valence-corrected chi connectivity index (χ4v) is 9.22. The first-order chi connectivity index (χ1) is 22.8. The van der Waals surface area contributed by atoms with Gasteiger partial charge in [0.2, 0.25) is 0 Å². The highest BCUT2D eigenvalue weighted by molar-refractivity contribution is 6.42. The van der Waals surface area contributed by atoms with E-state index in [0.29, 0.717) is 0 Å². The van der Waals surface area contributed by atoms with Crippen LogP contribution in [0, 0.1) is 0 Å². The number of hydrogen-bond acceptors (Lipinski definition) is 0. The second kappa shape index (κ2) is 7.99. The first-order valence-electron chi connectivity index (χ1n) is 16.2. The Hall–Kier alpha value is -5.98. The predicted molar refractivity (Wildman–Crippen MR) is 200 cm³/mol. The van der Waals surface area contributed by atoms with Crippen molar-refractivity contribution in [2.45, 2.75) is 0 Å². The van der Waals surface area contributed by atoms with Gasteiger partial charge in [-0.15, -0.1) is 0 Å². The average Bonchev–Trinajstić information content (AvgIpc) is 3.62. The second-order valence-electron chi connectivity index (χ2n) is 13.1. The van der Waals surface area contributed by atoms with Gasteiger partial charge in [-0.3, -0.25) is 0 Å². The monoisotopic (exact) mass is 576 g/mol. The van der Waals surface area contributed by atoms with E-state index in [4.69, 9.17) is 0 Å². The van der Waals surface area contributed by atoms with E-state index in [1.54, 1.807) is 0 Å². The summed E-state index contributed by atoms with van der Waals surface area (Å²) in [6.07, 6.45) is 0. The zero-order chi connectivity index (χ0) is 29.7. The zero-order valence-corrected chi connectivity index (χ0v) is 24.9. The van der Waals surface area contributed by atoms with Crippen LogP contribution in [0.5, 0.6) is 0 Å². The number of benzene rings is 10. The Morgan fingerprint density at radius 2 is 0.652 bits per heavy atom. The molecule has 0 heterocycles. The van der Waals surface area contributed by atoms with Crippen LogP contribution < -0.4 is 0 Å². The van der Waals surface area contributed by atoms with Crippen LogP contribution in [0.3, 0.4) is 0 Å². The van der Waals surface area contributed by atoms with Crippen LogP contribution in [0.2, 0.25) is 0 Å². The van der Waals surface area contributed by atoms with Gasteiger partial charge in [0.05, 0.1) is 0 Å². The lowest BCUT2D eigenvalue weighted by atomic mass is 9.86. The van der Waals surface area contributed by atoms with Crippen molar-refractivity contribution in [1.82, 2.24) is 0 Å². The molecule has 0 saturated heterocycles. The Kier molecular flexibility index (Phi) is 4.07. The second-order valence-corrected chi connectivity index (χ2v) is 13.1. The summed E-state index contributed by atoms with van der Waals surface area (Å²) in [6.45, 7) is 0. The van der Waals surface area contributed by atoms with E-state index in [9.17, 15) is 0 Å². The van der Waals surface area contributed by atoms with Crippen LogP contribution >= 0.6 is 0 Å². The summed E-state index contributed by atoms with van der Waals surface area (Å²) in [5.74, 6) is 0. The first-order valence-corrected chi connectivity index (χ1v) is 16.2. The molecule has 0 unspecified atom stereocenters. The molecule has 46 heavy (non-hydrogen) atoms. The Balaban J connectivity index is 1.35. The Morgan fingerprint density at radius 3 is 1.39 bits per heavy atom. The van der Waals surface area contributed by atoms with E-state index < -0.39 is 0 Å². The molecule has 0 atom stereocenters. The largest absolute Gasteiger partial charge is 0.0616 e. The third kappa shape index (κ3) is 2.66. The van der Waals surface area contributed by atoms with Crippen molar-refractivity contribution in [2.75, 3.05) is 0 Å². The molecule has 0 aliphatic rings. The van der Waals surface area contributed by atoms with Gasteiger partial charge in [-0.05, 0) is 131 Å². The highest BCUT2D eigenvalue weighted by atomic mass is 14.2. The highest BCUT2D eigenvalue weighted by Gasteiger charge is 2.22. The van der Waals surface area contributed by atoms with E-state index in [-0.39, 0.29) is 0 Å². The van der Waals surface area contributed by atoms with Crippen LogP contribution in [0.25, 0.3) is 119 Å². The normalized spacial score (nSPS) is 12.8.